The van der Waals surface area contributed by atoms with E-state index in [9.17, 15) is 25.4 Å². The van der Waals surface area contributed by atoms with Crippen LogP contribution in [0.1, 0.15) is 27.8 Å². The zero-order chi connectivity index (χ0) is 18.4. The first-order chi connectivity index (χ1) is 12.0. The van der Waals surface area contributed by atoms with Gasteiger partial charge in [0.25, 0.3) is 0 Å². The first-order valence-corrected chi connectivity index (χ1v) is 7.51. The third kappa shape index (κ3) is 4.21. The minimum absolute atomic E-state index is 0.132. The average molecular weight is 345 g/mol. The molecule has 0 aliphatic rings. The Morgan fingerprint density at radius 3 is 2.08 bits per heavy atom. The predicted octanol–water partition coefficient (Wildman–Crippen LogP) is 2.25. The van der Waals surface area contributed by atoms with Gasteiger partial charge in [0, 0.05) is 6.07 Å². The Bertz CT molecular complexity index is 775. The number of methoxy groups -OCH3 is 1. The molecule has 0 amide bonds. The molecule has 0 aliphatic carbocycles. The molecule has 7 nitrogen and oxygen atoms in total. The van der Waals surface area contributed by atoms with Gasteiger partial charge in [0.2, 0.25) is 0 Å². The van der Waals surface area contributed by atoms with Gasteiger partial charge in [-0.2, -0.15) is 0 Å². The van der Waals surface area contributed by atoms with Crippen LogP contribution in [0.3, 0.4) is 0 Å². The molecule has 3 N–H and O–H groups in total. The lowest BCUT2D eigenvalue weighted by molar-refractivity contribution is -0.385. The second kappa shape index (κ2) is 8.39. The molecule has 0 atom stereocenters. The smallest absolute Gasteiger partial charge is 0.311 e. The zero-order valence-corrected chi connectivity index (χ0v) is 13.7. The molecule has 0 bridgehead atoms. The van der Waals surface area contributed by atoms with Crippen LogP contribution in [0.25, 0.3) is 12.2 Å². The molecular formula is C18H19NO6. The van der Waals surface area contributed by atoms with Crippen molar-refractivity contribution in [3.8, 4) is 5.75 Å². The highest BCUT2D eigenvalue weighted by Crippen LogP contribution is 2.28. The van der Waals surface area contributed by atoms with Crippen LogP contribution in [-0.4, -0.2) is 27.4 Å². The van der Waals surface area contributed by atoms with E-state index in [2.05, 4.69) is 0 Å². The molecule has 132 valence electrons. The van der Waals surface area contributed by atoms with Gasteiger partial charge < -0.3 is 20.1 Å². The Balaban J connectivity index is 2.39. The Labute approximate surface area is 144 Å². The number of aliphatic hydroxyl groups excluding tert-OH is 3. The van der Waals surface area contributed by atoms with Gasteiger partial charge in [0.15, 0.2) is 5.75 Å². The maximum Gasteiger partial charge on any atom is 0.311 e. The maximum absolute atomic E-state index is 11.1. The molecule has 0 aliphatic heterocycles. The highest BCUT2D eigenvalue weighted by molar-refractivity contribution is 5.72. The number of aliphatic hydroxyl groups is 3. The molecule has 0 heterocycles. The van der Waals surface area contributed by atoms with Crippen LogP contribution in [0.2, 0.25) is 0 Å². The van der Waals surface area contributed by atoms with E-state index in [0.29, 0.717) is 27.8 Å². The highest BCUT2D eigenvalue weighted by atomic mass is 16.6. The van der Waals surface area contributed by atoms with Gasteiger partial charge >= 0.3 is 5.69 Å². The van der Waals surface area contributed by atoms with Crippen LogP contribution in [-0.2, 0) is 19.8 Å². The molecule has 7 heteroatoms. The molecule has 2 rings (SSSR count). The Morgan fingerprint density at radius 1 is 1.00 bits per heavy atom. The summed E-state index contributed by atoms with van der Waals surface area (Å²) in [6, 6.07) is 7.99. The molecule has 2 aromatic carbocycles. The summed E-state index contributed by atoms with van der Waals surface area (Å²) in [5.74, 6) is 0.180. The van der Waals surface area contributed by atoms with Gasteiger partial charge in [0.05, 0.1) is 31.9 Å². The highest BCUT2D eigenvalue weighted by Gasteiger charge is 2.14. The number of nitrogens with zero attached hydrogens (tertiary/aromatic N) is 1. The van der Waals surface area contributed by atoms with Crippen molar-refractivity contribution >= 4 is 17.8 Å². The summed E-state index contributed by atoms with van der Waals surface area (Å²) in [5, 5.41) is 39.3. The summed E-state index contributed by atoms with van der Waals surface area (Å²) in [6.45, 7) is -0.808. The van der Waals surface area contributed by atoms with E-state index in [1.807, 2.05) is 0 Å². The van der Waals surface area contributed by atoms with Gasteiger partial charge in [-0.05, 0) is 46.0 Å². The summed E-state index contributed by atoms with van der Waals surface area (Å²) in [5.41, 5.74) is 2.72. The van der Waals surface area contributed by atoms with E-state index < -0.39 is 4.92 Å². The summed E-state index contributed by atoms with van der Waals surface area (Å²) in [7, 11) is 1.37. The fourth-order valence-electron chi connectivity index (χ4n) is 2.55. The van der Waals surface area contributed by atoms with E-state index in [1.54, 1.807) is 30.4 Å². The van der Waals surface area contributed by atoms with Gasteiger partial charge in [-0.25, -0.2) is 0 Å². The molecule has 2 aromatic rings. The molecule has 0 unspecified atom stereocenters. The lowest BCUT2D eigenvalue weighted by Gasteiger charge is -2.11. The van der Waals surface area contributed by atoms with Crippen molar-refractivity contribution in [3.05, 3.63) is 68.3 Å². The van der Waals surface area contributed by atoms with E-state index in [1.165, 1.54) is 19.2 Å². The van der Waals surface area contributed by atoms with Crippen LogP contribution < -0.4 is 4.74 Å². The summed E-state index contributed by atoms with van der Waals surface area (Å²) >= 11 is 0. The van der Waals surface area contributed by atoms with Crippen molar-refractivity contribution in [1.82, 2.24) is 0 Å². The zero-order valence-electron chi connectivity index (χ0n) is 13.7. The van der Waals surface area contributed by atoms with Crippen molar-refractivity contribution in [2.75, 3.05) is 7.11 Å². The minimum Gasteiger partial charge on any atom is -0.490 e. The molecule has 0 radical (unpaired) electrons. The van der Waals surface area contributed by atoms with Crippen LogP contribution in [0, 0.1) is 10.1 Å². The number of rotatable bonds is 7. The molecule has 0 aromatic heterocycles. The van der Waals surface area contributed by atoms with Gasteiger partial charge in [0.1, 0.15) is 0 Å². The van der Waals surface area contributed by atoms with Gasteiger partial charge in [-0.3, -0.25) is 10.1 Å². The lowest BCUT2D eigenvalue weighted by atomic mass is 9.98. The topological polar surface area (TPSA) is 113 Å². The van der Waals surface area contributed by atoms with E-state index in [-0.39, 0.29) is 31.3 Å². The van der Waals surface area contributed by atoms with Crippen LogP contribution in [0.5, 0.6) is 5.75 Å². The van der Waals surface area contributed by atoms with Crippen molar-refractivity contribution in [2.24, 2.45) is 0 Å². The first kappa shape index (κ1) is 18.6. The molecule has 0 fully saturated rings. The fourth-order valence-corrected chi connectivity index (χ4v) is 2.55. The van der Waals surface area contributed by atoms with Crippen molar-refractivity contribution in [2.45, 2.75) is 19.8 Å². The molecule has 25 heavy (non-hydrogen) atoms. The number of nitro benzene ring substituents is 1. The molecule has 0 saturated carbocycles. The fraction of sp³-hybridized carbons (Fsp3) is 0.222. The van der Waals surface area contributed by atoms with Crippen molar-refractivity contribution in [3.63, 3.8) is 0 Å². The molecule has 0 spiro atoms. The number of nitro groups is 1. The van der Waals surface area contributed by atoms with Crippen molar-refractivity contribution < 1.29 is 25.0 Å². The van der Waals surface area contributed by atoms with Gasteiger partial charge in [-0.1, -0.05) is 18.2 Å². The number of hydrogen-bond acceptors (Lipinski definition) is 6. The third-order valence-electron chi connectivity index (χ3n) is 3.82. The monoisotopic (exact) mass is 345 g/mol. The van der Waals surface area contributed by atoms with Crippen molar-refractivity contribution in [1.29, 1.82) is 0 Å². The number of benzene rings is 2. The Hall–Kier alpha value is -2.74. The standard InChI is InChI=1S/C18H19NO6/c1-25-18-5-4-12(8-17(18)19(23)24)2-3-13-6-14(9-20)16(11-22)15(7-13)10-21/h2-8,20-22H,9-11H2,1H3/b3-2-. The first-order valence-electron chi connectivity index (χ1n) is 7.51. The van der Waals surface area contributed by atoms with E-state index >= 15 is 0 Å². The lowest BCUT2D eigenvalue weighted by Crippen LogP contribution is -2.01. The largest absolute Gasteiger partial charge is 0.490 e. The second-order valence-electron chi connectivity index (χ2n) is 5.31. The van der Waals surface area contributed by atoms with Crippen LogP contribution in [0.15, 0.2) is 30.3 Å². The van der Waals surface area contributed by atoms with E-state index in [4.69, 9.17) is 4.74 Å². The number of hydrogen-bond donors (Lipinski definition) is 3. The summed E-state index contributed by atoms with van der Waals surface area (Å²) < 4.78 is 4.97. The summed E-state index contributed by atoms with van der Waals surface area (Å²) in [4.78, 5) is 10.6. The van der Waals surface area contributed by atoms with Crippen LogP contribution in [0.4, 0.5) is 5.69 Å². The Morgan fingerprint density at radius 2 is 1.60 bits per heavy atom. The van der Waals surface area contributed by atoms with Gasteiger partial charge in [-0.15, -0.1) is 0 Å². The maximum atomic E-state index is 11.1. The molecule has 0 saturated heterocycles. The van der Waals surface area contributed by atoms with E-state index in [0.717, 1.165) is 0 Å². The summed E-state index contributed by atoms with van der Waals surface area (Å²) in [6.07, 6.45) is 3.40. The quantitative estimate of drug-likeness (QED) is 0.403. The average Bonchev–Trinajstić information content (AvgIpc) is 2.64. The predicted molar refractivity (Wildman–Crippen MR) is 92.8 cm³/mol. The normalized spacial score (nSPS) is 11.0. The minimum atomic E-state index is -0.514. The SMILES string of the molecule is COc1ccc(/C=C\c2cc(CO)c(CO)c(CO)c2)cc1[N+](=O)[O-]. The second-order valence-corrected chi connectivity index (χ2v) is 5.31. The number of ether oxygens (including phenoxy) is 1. The third-order valence-corrected chi connectivity index (χ3v) is 3.82. The molecular weight excluding hydrogens is 326 g/mol. The van der Waals surface area contributed by atoms with Crippen LogP contribution >= 0.6 is 0 Å². The Kier molecular flexibility index (Phi) is 6.24.